The fourth-order valence-electron chi connectivity index (χ4n) is 4.08. The zero-order valence-corrected chi connectivity index (χ0v) is 19.8. The highest BCUT2D eigenvalue weighted by atomic mass is 79.9. The van der Waals surface area contributed by atoms with Gasteiger partial charge in [0.1, 0.15) is 19.5 Å². The lowest BCUT2D eigenvalue weighted by atomic mass is 9.95. The topological polar surface area (TPSA) is 86.1 Å². The summed E-state index contributed by atoms with van der Waals surface area (Å²) in [6.45, 7) is 4.23. The molecule has 10 heteroatoms. The van der Waals surface area contributed by atoms with Gasteiger partial charge in [0, 0.05) is 23.0 Å². The number of benzene rings is 1. The minimum absolute atomic E-state index is 0.564. The standard InChI is InChI=1S/C21H25BrN6O2S/c1-23-19-18-20(26-12-25-19)28(7-4-13-2-5-24-6-3-13)21(27-18)31-17-11-16-15(10-14(17)22)29-8-9-30-16/h10-13,24H,2-9H2,1H3,(H,23,25,26). The molecule has 2 aromatic heterocycles. The zero-order chi connectivity index (χ0) is 21.2. The van der Waals surface area contributed by atoms with Crippen LogP contribution in [0.3, 0.4) is 0 Å². The third kappa shape index (κ3) is 4.33. The molecule has 4 heterocycles. The molecule has 1 saturated heterocycles. The Kier molecular flexibility index (Phi) is 6.20. The number of aromatic nitrogens is 4. The normalized spacial score (nSPS) is 16.6. The minimum atomic E-state index is 0.564. The molecule has 5 rings (SSSR count). The van der Waals surface area contributed by atoms with Crippen LogP contribution in [-0.2, 0) is 6.54 Å². The van der Waals surface area contributed by atoms with Crippen LogP contribution in [0.1, 0.15) is 19.3 Å². The van der Waals surface area contributed by atoms with E-state index in [0.717, 1.165) is 75.0 Å². The third-order valence-corrected chi connectivity index (χ3v) is 7.72. The van der Waals surface area contributed by atoms with Gasteiger partial charge in [-0.25, -0.2) is 15.0 Å². The summed E-state index contributed by atoms with van der Waals surface area (Å²) in [5.74, 6) is 3.01. The summed E-state index contributed by atoms with van der Waals surface area (Å²) >= 11 is 5.30. The van der Waals surface area contributed by atoms with Crippen molar-refractivity contribution in [3.05, 3.63) is 22.9 Å². The van der Waals surface area contributed by atoms with Crippen molar-refractivity contribution >= 4 is 44.7 Å². The summed E-state index contributed by atoms with van der Waals surface area (Å²) in [7, 11) is 1.86. The summed E-state index contributed by atoms with van der Waals surface area (Å²) in [6.07, 6.45) is 5.16. The fraction of sp³-hybridized carbons (Fsp3) is 0.476. The number of rotatable bonds is 6. The maximum absolute atomic E-state index is 5.78. The Labute approximate surface area is 193 Å². The Balaban J connectivity index is 1.49. The number of piperidine rings is 1. The number of imidazole rings is 1. The van der Waals surface area contributed by atoms with Crippen LogP contribution in [0.25, 0.3) is 11.2 Å². The predicted molar refractivity (Wildman–Crippen MR) is 124 cm³/mol. The van der Waals surface area contributed by atoms with Crippen LogP contribution in [0, 0.1) is 5.92 Å². The molecule has 0 radical (unpaired) electrons. The largest absolute Gasteiger partial charge is 0.486 e. The van der Waals surface area contributed by atoms with Gasteiger partial charge in [0.2, 0.25) is 0 Å². The van der Waals surface area contributed by atoms with E-state index in [0.29, 0.717) is 13.2 Å². The molecule has 1 fully saturated rings. The lowest BCUT2D eigenvalue weighted by Gasteiger charge is -2.23. The van der Waals surface area contributed by atoms with E-state index in [1.807, 2.05) is 19.2 Å². The van der Waals surface area contributed by atoms with Crippen molar-refractivity contribution in [3.8, 4) is 11.5 Å². The molecule has 2 N–H and O–H groups in total. The van der Waals surface area contributed by atoms with Crippen molar-refractivity contribution in [3.63, 3.8) is 0 Å². The van der Waals surface area contributed by atoms with Crippen molar-refractivity contribution in [1.29, 1.82) is 0 Å². The number of nitrogens with zero attached hydrogens (tertiary/aromatic N) is 4. The van der Waals surface area contributed by atoms with Crippen molar-refractivity contribution in [2.24, 2.45) is 5.92 Å². The van der Waals surface area contributed by atoms with Crippen molar-refractivity contribution in [2.45, 2.75) is 35.9 Å². The van der Waals surface area contributed by atoms with E-state index in [-0.39, 0.29) is 0 Å². The molecule has 31 heavy (non-hydrogen) atoms. The van der Waals surface area contributed by atoms with E-state index in [9.17, 15) is 0 Å². The smallest absolute Gasteiger partial charge is 0.175 e. The molecule has 2 aliphatic rings. The number of anilines is 1. The first-order valence-corrected chi connectivity index (χ1v) is 12.2. The predicted octanol–water partition coefficient (Wildman–Crippen LogP) is 3.94. The second kappa shape index (κ2) is 9.22. The molecule has 8 nitrogen and oxygen atoms in total. The van der Waals surface area contributed by atoms with Gasteiger partial charge in [-0.15, -0.1) is 0 Å². The molecule has 0 saturated carbocycles. The highest BCUT2D eigenvalue weighted by Gasteiger charge is 2.21. The monoisotopic (exact) mass is 504 g/mol. The quantitative estimate of drug-likeness (QED) is 0.521. The summed E-state index contributed by atoms with van der Waals surface area (Å²) in [4.78, 5) is 14.9. The Morgan fingerprint density at radius 1 is 1.19 bits per heavy atom. The molecular weight excluding hydrogens is 480 g/mol. The number of nitrogens with one attached hydrogen (secondary N) is 2. The number of ether oxygens (including phenoxy) is 2. The molecule has 1 aromatic carbocycles. The van der Waals surface area contributed by atoms with Crippen molar-refractivity contribution in [1.82, 2.24) is 24.8 Å². The first-order chi connectivity index (χ1) is 15.2. The van der Waals surface area contributed by atoms with E-state index < -0.39 is 0 Å². The molecule has 0 spiro atoms. The van der Waals surface area contributed by atoms with Crippen molar-refractivity contribution < 1.29 is 9.47 Å². The molecule has 2 aliphatic heterocycles. The Bertz CT molecular complexity index is 1090. The summed E-state index contributed by atoms with van der Waals surface area (Å²) in [6, 6.07) is 3.99. The van der Waals surface area contributed by atoms with Gasteiger partial charge < -0.3 is 24.7 Å². The highest BCUT2D eigenvalue weighted by molar-refractivity contribution is 9.10. The second-order valence-electron chi connectivity index (χ2n) is 7.70. The van der Waals surface area contributed by atoms with Gasteiger partial charge in [-0.05, 0) is 66.3 Å². The number of halogens is 1. The van der Waals surface area contributed by atoms with E-state index in [1.165, 1.54) is 12.8 Å². The van der Waals surface area contributed by atoms with E-state index in [2.05, 4.69) is 41.1 Å². The molecule has 0 unspecified atom stereocenters. The van der Waals surface area contributed by atoms with Crippen LogP contribution in [-0.4, -0.2) is 52.9 Å². The highest BCUT2D eigenvalue weighted by Crippen LogP contribution is 2.42. The first-order valence-electron chi connectivity index (χ1n) is 10.6. The van der Waals surface area contributed by atoms with E-state index >= 15 is 0 Å². The molecular formula is C21H25BrN6O2S. The molecule has 0 bridgehead atoms. The average Bonchev–Trinajstić information content (AvgIpc) is 3.16. The van der Waals surface area contributed by atoms with Gasteiger partial charge in [-0.2, -0.15) is 0 Å². The van der Waals surface area contributed by atoms with Crippen LogP contribution >= 0.6 is 27.7 Å². The zero-order valence-electron chi connectivity index (χ0n) is 17.4. The van der Waals surface area contributed by atoms with Gasteiger partial charge in [-0.3, -0.25) is 0 Å². The first kappa shape index (κ1) is 20.8. The van der Waals surface area contributed by atoms with Gasteiger partial charge in [0.05, 0.1) is 0 Å². The minimum Gasteiger partial charge on any atom is -0.486 e. The summed E-state index contributed by atoms with van der Waals surface area (Å²) in [5.41, 5.74) is 1.66. The van der Waals surface area contributed by atoms with Crippen LogP contribution < -0.4 is 20.1 Å². The Morgan fingerprint density at radius 3 is 2.74 bits per heavy atom. The van der Waals surface area contributed by atoms with Crippen LogP contribution in [0.15, 0.2) is 33.0 Å². The number of fused-ring (bicyclic) bond motifs is 2. The average molecular weight is 505 g/mol. The molecule has 164 valence electrons. The molecule has 0 aliphatic carbocycles. The Morgan fingerprint density at radius 2 is 1.97 bits per heavy atom. The molecule has 0 atom stereocenters. The van der Waals surface area contributed by atoms with Crippen molar-refractivity contribution in [2.75, 3.05) is 38.7 Å². The van der Waals surface area contributed by atoms with Gasteiger partial charge >= 0.3 is 0 Å². The number of hydrogen-bond donors (Lipinski definition) is 2. The lowest BCUT2D eigenvalue weighted by Crippen LogP contribution is -2.28. The number of aryl methyl sites for hydroxylation is 1. The lowest BCUT2D eigenvalue weighted by molar-refractivity contribution is 0.171. The van der Waals surface area contributed by atoms with Gasteiger partial charge in [0.25, 0.3) is 0 Å². The maximum atomic E-state index is 5.78. The maximum Gasteiger partial charge on any atom is 0.175 e. The molecule has 3 aromatic rings. The number of hydrogen-bond acceptors (Lipinski definition) is 8. The third-order valence-electron chi connectivity index (χ3n) is 5.75. The van der Waals surface area contributed by atoms with E-state index in [4.69, 9.17) is 14.5 Å². The Hall–Kier alpha value is -2.04. The van der Waals surface area contributed by atoms with Crippen LogP contribution in [0.2, 0.25) is 0 Å². The fourth-order valence-corrected chi connectivity index (χ4v) is 5.59. The van der Waals surface area contributed by atoms with Crippen LogP contribution in [0.5, 0.6) is 11.5 Å². The van der Waals surface area contributed by atoms with Crippen LogP contribution in [0.4, 0.5) is 5.82 Å². The van der Waals surface area contributed by atoms with Gasteiger partial charge in [0.15, 0.2) is 33.6 Å². The van der Waals surface area contributed by atoms with E-state index in [1.54, 1.807) is 18.1 Å². The summed E-state index contributed by atoms with van der Waals surface area (Å²) < 4.78 is 14.7. The second-order valence-corrected chi connectivity index (χ2v) is 9.56. The summed E-state index contributed by atoms with van der Waals surface area (Å²) in [5, 5.41) is 7.49. The molecule has 0 amide bonds. The van der Waals surface area contributed by atoms with Gasteiger partial charge in [-0.1, -0.05) is 11.8 Å². The SMILES string of the molecule is CNc1ncnc2c1nc(Sc1cc3c(cc1Br)OCCO3)n2CCC1CCNCC1.